The Hall–Kier alpha value is -4.01. The number of carbonyl (C=O) groups is 1. The van der Waals surface area contributed by atoms with Crippen molar-refractivity contribution in [3.63, 3.8) is 0 Å². The Kier molecular flexibility index (Phi) is 5.95. The second kappa shape index (κ2) is 8.85. The minimum atomic E-state index is -3.89. The van der Waals surface area contributed by atoms with Crippen molar-refractivity contribution in [3.05, 3.63) is 102 Å². The van der Waals surface area contributed by atoms with Crippen LogP contribution in [0.3, 0.4) is 0 Å². The van der Waals surface area contributed by atoms with Crippen molar-refractivity contribution in [2.75, 3.05) is 11.1 Å². The molecule has 0 saturated heterocycles. The van der Waals surface area contributed by atoms with Gasteiger partial charge in [-0.25, -0.2) is 17.9 Å². The Balaban J connectivity index is 1.61. The van der Waals surface area contributed by atoms with Crippen molar-refractivity contribution >= 4 is 27.3 Å². The molecule has 4 aromatic rings. The lowest BCUT2D eigenvalue weighted by Crippen LogP contribution is -2.14. The van der Waals surface area contributed by atoms with Gasteiger partial charge < -0.3 is 11.1 Å². The van der Waals surface area contributed by atoms with E-state index in [4.69, 9.17) is 10.9 Å². The van der Waals surface area contributed by atoms with Gasteiger partial charge in [0.2, 0.25) is 10.0 Å². The van der Waals surface area contributed by atoms with Gasteiger partial charge in [0.1, 0.15) is 5.82 Å². The Morgan fingerprint density at radius 2 is 1.39 bits per heavy atom. The molecule has 0 atom stereocenters. The van der Waals surface area contributed by atoms with E-state index < -0.39 is 15.8 Å². The first kappa shape index (κ1) is 22.2. The molecule has 0 aliphatic carbocycles. The Labute approximate surface area is 190 Å². The van der Waals surface area contributed by atoms with Crippen LogP contribution in [0.1, 0.15) is 10.4 Å². The summed E-state index contributed by atoms with van der Waals surface area (Å²) >= 11 is 0. The first-order valence-electron chi connectivity index (χ1n) is 9.92. The third-order valence-corrected chi connectivity index (χ3v) is 6.10. The number of primary sulfonamides is 1. The normalized spacial score (nSPS) is 11.2. The van der Waals surface area contributed by atoms with E-state index >= 15 is 0 Å². The molecular weight excluding hydrogens is 441 g/mol. The molecule has 0 aromatic heterocycles. The number of carbonyl (C=O) groups excluding carboxylic acids is 1. The maximum Gasteiger partial charge on any atom is 0.256 e. The molecule has 1 amide bonds. The predicted octanol–water partition coefficient (Wildman–Crippen LogP) is 4.64. The van der Waals surface area contributed by atoms with Gasteiger partial charge in [0.15, 0.2) is 0 Å². The summed E-state index contributed by atoms with van der Waals surface area (Å²) in [6.45, 7) is 0. The van der Waals surface area contributed by atoms with E-state index in [1.807, 2.05) is 0 Å². The van der Waals surface area contributed by atoms with Gasteiger partial charge in [-0.1, -0.05) is 54.6 Å². The van der Waals surface area contributed by atoms with E-state index in [9.17, 15) is 17.6 Å². The van der Waals surface area contributed by atoms with Crippen LogP contribution >= 0.6 is 0 Å². The fraction of sp³-hybridized carbons (Fsp3) is 0. The van der Waals surface area contributed by atoms with Crippen LogP contribution in [0.4, 0.5) is 15.8 Å². The third-order valence-electron chi connectivity index (χ3n) is 5.13. The molecule has 0 heterocycles. The van der Waals surface area contributed by atoms with Gasteiger partial charge >= 0.3 is 0 Å². The first-order chi connectivity index (χ1) is 15.7. The summed E-state index contributed by atoms with van der Waals surface area (Å²) in [4.78, 5) is 13.0. The van der Waals surface area contributed by atoms with E-state index in [0.29, 0.717) is 33.5 Å². The van der Waals surface area contributed by atoms with Crippen LogP contribution in [-0.4, -0.2) is 14.3 Å². The molecule has 33 heavy (non-hydrogen) atoms. The van der Waals surface area contributed by atoms with Crippen LogP contribution in [0, 0.1) is 5.82 Å². The number of hydrogen-bond donors (Lipinski definition) is 3. The lowest BCUT2D eigenvalue weighted by Gasteiger charge is -2.12. The standard InChI is InChI=1S/C25H20FN3O3S/c26-22-14-11-17(15-23(22)27)19-5-1-2-7-21(19)25(30)29-18-12-9-16(10-13-18)20-6-3-4-8-24(20)33(28,31)32/h1-15H,27H2,(H,29,30)(H2,28,31,32). The summed E-state index contributed by atoms with van der Waals surface area (Å²) in [5.41, 5.74) is 8.94. The number of benzene rings is 4. The predicted molar refractivity (Wildman–Crippen MR) is 127 cm³/mol. The number of rotatable bonds is 5. The maximum atomic E-state index is 13.6. The highest BCUT2D eigenvalue weighted by atomic mass is 32.2. The summed E-state index contributed by atoms with van der Waals surface area (Å²) in [6, 6.07) is 24.4. The quantitative estimate of drug-likeness (QED) is 0.376. The number of hydrogen-bond acceptors (Lipinski definition) is 4. The average Bonchev–Trinajstić information content (AvgIpc) is 2.81. The number of nitrogens with one attached hydrogen (secondary N) is 1. The van der Waals surface area contributed by atoms with Crippen LogP contribution in [0.15, 0.2) is 95.9 Å². The highest BCUT2D eigenvalue weighted by molar-refractivity contribution is 7.89. The van der Waals surface area contributed by atoms with Gasteiger partial charge in [0.05, 0.1) is 10.6 Å². The lowest BCUT2D eigenvalue weighted by molar-refractivity contribution is 0.102. The maximum absolute atomic E-state index is 13.6. The van der Waals surface area contributed by atoms with Crippen LogP contribution in [0.5, 0.6) is 0 Å². The third kappa shape index (κ3) is 4.77. The SMILES string of the molecule is Nc1cc(-c2ccccc2C(=O)Nc2ccc(-c3ccccc3S(N)(=O)=O)cc2)ccc1F. The molecule has 0 aliphatic heterocycles. The molecule has 0 bridgehead atoms. The van der Waals surface area contributed by atoms with Crippen LogP contribution in [0.2, 0.25) is 0 Å². The monoisotopic (exact) mass is 461 g/mol. The lowest BCUT2D eigenvalue weighted by atomic mass is 9.98. The second-order valence-corrected chi connectivity index (χ2v) is 8.88. The van der Waals surface area contributed by atoms with E-state index in [1.54, 1.807) is 72.8 Å². The van der Waals surface area contributed by atoms with Crippen molar-refractivity contribution in [2.45, 2.75) is 4.90 Å². The first-order valence-corrected chi connectivity index (χ1v) is 11.5. The molecule has 4 rings (SSSR count). The molecule has 0 unspecified atom stereocenters. The Morgan fingerprint density at radius 3 is 2.06 bits per heavy atom. The number of nitrogen functional groups attached to an aromatic ring is 1. The van der Waals surface area contributed by atoms with Crippen molar-refractivity contribution < 1.29 is 17.6 Å². The van der Waals surface area contributed by atoms with Crippen molar-refractivity contribution in [3.8, 4) is 22.3 Å². The number of anilines is 2. The molecule has 0 aliphatic rings. The van der Waals surface area contributed by atoms with E-state index in [0.717, 1.165) is 0 Å². The minimum Gasteiger partial charge on any atom is -0.396 e. The zero-order valence-electron chi connectivity index (χ0n) is 17.3. The van der Waals surface area contributed by atoms with Crippen LogP contribution in [0.25, 0.3) is 22.3 Å². The molecule has 8 heteroatoms. The molecule has 166 valence electrons. The molecule has 4 aromatic carbocycles. The largest absolute Gasteiger partial charge is 0.396 e. The molecule has 0 fully saturated rings. The summed E-state index contributed by atoms with van der Waals surface area (Å²) in [5.74, 6) is -0.879. The summed E-state index contributed by atoms with van der Waals surface area (Å²) in [7, 11) is -3.89. The molecule has 0 radical (unpaired) electrons. The van der Waals surface area contributed by atoms with Crippen molar-refractivity contribution in [1.82, 2.24) is 0 Å². The van der Waals surface area contributed by atoms with Gasteiger partial charge in [0, 0.05) is 16.8 Å². The summed E-state index contributed by atoms with van der Waals surface area (Å²) < 4.78 is 37.3. The number of nitrogens with two attached hydrogens (primary N) is 2. The second-order valence-electron chi connectivity index (χ2n) is 7.35. The molecule has 0 saturated carbocycles. The smallest absolute Gasteiger partial charge is 0.256 e. The van der Waals surface area contributed by atoms with Gasteiger partial charge in [-0.2, -0.15) is 0 Å². The van der Waals surface area contributed by atoms with Crippen molar-refractivity contribution in [2.24, 2.45) is 5.14 Å². The highest BCUT2D eigenvalue weighted by Crippen LogP contribution is 2.29. The minimum absolute atomic E-state index is 0.00178. The summed E-state index contributed by atoms with van der Waals surface area (Å²) in [6.07, 6.45) is 0. The van der Waals surface area contributed by atoms with E-state index in [1.165, 1.54) is 18.2 Å². The van der Waals surface area contributed by atoms with Gasteiger partial charge in [-0.15, -0.1) is 0 Å². The van der Waals surface area contributed by atoms with Crippen LogP contribution < -0.4 is 16.2 Å². The van der Waals surface area contributed by atoms with Gasteiger partial charge in [-0.05, 0) is 53.1 Å². The average molecular weight is 462 g/mol. The van der Waals surface area contributed by atoms with Gasteiger partial charge in [0.25, 0.3) is 5.91 Å². The molecular formula is C25H20FN3O3S. The molecule has 5 N–H and O–H groups in total. The van der Waals surface area contributed by atoms with Gasteiger partial charge in [-0.3, -0.25) is 4.79 Å². The topological polar surface area (TPSA) is 115 Å². The summed E-state index contributed by atoms with van der Waals surface area (Å²) in [5, 5.41) is 8.15. The fourth-order valence-corrected chi connectivity index (χ4v) is 4.29. The zero-order valence-corrected chi connectivity index (χ0v) is 18.1. The molecule has 6 nitrogen and oxygen atoms in total. The fourth-order valence-electron chi connectivity index (χ4n) is 3.53. The number of halogens is 1. The van der Waals surface area contributed by atoms with E-state index in [-0.39, 0.29) is 16.5 Å². The number of sulfonamides is 1. The number of amides is 1. The van der Waals surface area contributed by atoms with E-state index in [2.05, 4.69) is 5.32 Å². The van der Waals surface area contributed by atoms with Crippen LogP contribution in [-0.2, 0) is 10.0 Å². The zero-order chi connectivity index (χ0) is 23.6. The Morgan fingerprint density at radius 1 is 0.788 bits per heavy atom. The van der Waals surface area contributed by atoms with Crippen molar-refractivity contribution in [1.29, 1.82) is 0 Å². The highest BCUT2D eigenvalue weighted by Gasteiger charge is 2.16. The Bertz CT molecular complexity index is 1450. The molecule has 0 spiro atoms.